The number of carbonyl (C=O) groups excluding carboxylic acids is 1. The zero-order chi connectivity index (χ0) is 12.3. The van der Waals surface area contributed by atoms with E-state index in [9.17, 15) is 18.0 Å². The lowest BCUT2D eigenvalue weighted by Gasteiger charge is -2.11. The smallest absolute Gasteiger partial charge is 0.313 e. The molecule has 5 heteroatoms. The lowest BCUT2D eigenvalue weighted by molar-refractivity contribution is -0.144. The maximum Gasteiger partial charge on any atom is 0.313 e. The van der Waals surface area contributed by atoms with E-state index in [0.29, 0.717) is 12.1 Å². The maximum absolute atomic E-state index is 13.3. The standard InChI is InChI=1S/C11H11F3O2/c1-3-16-11(15)6(2)7-4-9(13)10(14)5-8(7)12/h4-6H,3H2,1-2H3. The number of benzene rings is 1. The highest BCUT2D eigenvalue weighted by molar-refractivity contribution is 5.77. The van der Waals surface area contributed by atoms with Gasteiger partial charge in [0.1, 0.15) is 5.82 Å². The molecule has 0 fully saturated rings. The molecule has 0 amide bonds. The van der Waals surface area contributed by atoms with Crippen molar-refractivity contribution in [1.82, 2.24) is 0 Å². The van der Waals surface area contributed by atoms with Gasteiger partial charge in [0.15, 0.2) is 11.6 Å². The summed E-state index contributed by atoms with van der Waals surface area (Å²) in [6.45, 7) is 3.12. The molecule has 0 aromatic heterocycles. The molecule has 1 unspecified atom stereocenters. The van der Waals surface area contributed by atoms with E-state index in [4.69, 9.17) is 0 Å². The van der Waals surface area contributed by atoms with Crippen LogP contribution >= 0.6 is 0 Å². The fourth-order valence-corrected chi connectivity index (χ4v) is 1.26. The number of hydrogen-bond donors (Lipinski definition) is 0. The van der Waals surface area contributed by atoms with Gasteiger partial charge in [0.2, 0.25) is 0 Å². The van der Waals surface area contributed by atoms with Gasteiger partial charge in [-0.2, -0.15) is 0 Å². The van der Waals surface area contributed by atoms with E-state index in [-0.39, 0.29) is 12.2 Å². The predicted octanol–water partition coefficient (Wildman–Crippen LogP) is 2.77. The van der Waals surface area contributed by atoms with Crippen molar-refractivity contribution in [2.75, 3.05) is 6.61 Å². The van der Waals surface area contributed by atoms with Crippen LogP contribution in [0.15, 0.2) is 12.1 Å². The van der Waals surface area contributed by atoms with Crippen LogP contribution in [0.2, 0.25) is 0 Å². The average Bonchev–Trinajstić information content (AvgIpc) is 2.23. The summed E-state index contributed by atoms with van der Waals surface area (Å²) in [6, 6.07) is 1.09. The van der Waals surface area contributed by atoms with E-state index in [1.165, 1.54) is 6.92 Å². The molecule has 1 atom stereocenters. The Morgan fingerprint density at radius 1 is 1.25 bits per heavy atom. The molecule has 1 aromatic rings. The summed E-state index contributed by atoms with van der Waals surface area (Å²) >= 11 is 0. The fourth-order valence-electron chi connectivity index (χ4n) is 1.26. The third kappa shape index (κ3) is 2.53. The normalized spacial score (nSPS) is 12.3. The Balaban J connectivity index is 3.04. The van der Waals surface area contributed by atoms with Crippen LogP contribution in [-0.4, -0.2) is 12.6 Å². The van der Waals surface area contributed by atoms with Gasteiger partial charge in [0.05, 0.1) is 12.5 Å². The van der Waals surface area contributed by atoms with Crippen LogP contribution in [0.5, 0.6) is 0 Å². The van der Waals surface area contributed by atoms with Gasteiger partial charge < -0.3 is 4.74 Å². The first-order valence-electron chi connectivity index (χ1n) is 4.78. The Kier molecular flexibility index (Phi) is 3.93. The summed E-state index contributed by atoms with van der Waals surface area (Å²) in [4.78, 5) is 11.3. The van der Waals surface area contributed by atoms with E-state index in [2.05, 4.69) is 4.74 Å². The second-order valence-corrected chi connectivity index (χ2v) is 3.26. The fraction of sp³-hybridized carbons (Fsp3) is 0.364. The van der Waals surface area contributed by atoms with Gasteiger partial charge in [-0.15, -0.1) is 0 Å². The monoisotopic (exact) mass is 232 g/mol. The molecule has 0 radical (unpaired) electrons. The minimum atomic E-state index is -1.28. The number of carbonyl (C=O) groups is 1. The van der Waals surface area contributed by atoms with Crippen LogP contribution in [-0.2, 0) is 9.53 Å². The van der Waals surface area contributed by atoms with Crippen molar-refractivity contribution in [2.24, 2.45) is 0 Å². The minimum Gasteiger partial charge on any atom is -0.466 e. The van der Waals surface area contributed by atoms with E-state index < -0.39 is 29.3 Å². The Bertz CT molecular complexity index is 404. The number of rotatable bonds is 3. The first-order chi connectivity index (χ1) is 7.47. The summed E-state index contributed by atoms with van der Waals surface area (Å²) in [5, 5.41) is 0. The van der Waals surface area contributed by atoms with Crippen LogP contribution < -0.4 is 0 Å². The zero-order valence-electron chi connectivity index (χ0n) is 8.89. The first kappa shape index (κ1) is 12.5. The molecule has 16 heavy (non-hydrogen) atoms. The first-order valence-corrected chi connectivity index (χ1v) is 4.78. The predicted molar refractivity (Wildman–Crippen MR) is 51.4 cm³/mol. The molecule has 88 valence electrons. The lowest BCUT2D eigenvalue weighted by Crippen LogP contribution is -2.14. The van der Waals surface area contributed by atoms with Gasteiger partial charge in [0, 0.05) is 11.6 Å². The zero-order valence-corrected chi connectivity index (χ0v) is 8.89. The summed E-state index contributed by atoms with van der Waals surface area (Å²) in [5.41, 5.74) is -0.211. The molecular formula is C11H11F3O2. The van der Waals surface area contributed by atoms with E-state index in [0.717, 1.165) is 0 Å². The van der Waals surface area contributed by atoms with Gasteiger partial charge in [-0.25, -0.2) is 13.2 Å². The third-order valence-electron chi connectivity index (χ3n) is 2.15. The topological polar surface area (TPSA) is 26.3 Å². The summed E-state index contributed by atoms with van der Waals surface area (Å²) < 4.78 is 43.4. The van der Waals surface area contributed by atoms with Crippen LogP contribution in [0.4, 0.5) is 13.2 Å². The number of hydrogen-bond acceptors (Lipinski definition) is 2. The largest absolute Gasteiger partial charge is 0.466 e. The average molecular weight is 232 g/mol. The van der Waals surface area contributed by atoms with Crippen molar-refractivity contribution >= 4 is 5.97 Å². The molecular weight excluding hydrogens is 221 g/mol. The van der Waals surface area contributed by atoms with Crippen molar-refractivity contribution in [3.63, 3.8) is 0 Å². The molecule has 1 aromatic carbocycles. The Morgan fingerprint density at radius 2 is 1.81 bits per heavy atom. The molecule has 0 bridgehead atoms. The molecule has 0 saturated carbocycles. The van der Waals surface area contributed by atoms with Gasteiger partial charge in [0.25, 0.3) is 0 Å². The van der Waals surface area contributed by atoms with Crippen LogP contribution in [0, 0.1) is 17.5 Å². The van der Waals surface area contributed by atoms with Crippen LogP contribution in [0.25, 0.3) is 0 Å². The van der Waals surface area contributed by atoms with Gasteiger partial charge >= 0.3 is 5.97 Å². The van der Waals surface area contributed by atoms with Crippen molar-refractivity contribution in [3.8, 4) is 0 Å². The quantitative estimate of drug-likeness (QED) is 0.591. The lowest BCUT2D eigenvalue weighted by atomic mass is 10.0. The summed E-state index contributed by atoms with van der Waals surface area (Å²) in [6.07, 6.45) is 0. The second-order valence-electron chi connectivity index (χ2n) is 3.26. The summed E-state index contributed by atoms with van der Waals surface area (Å²) in [7, 11) is 0. The number of esters is 1. The van der Waals surface area contributed by atoms with Crippen LogP contribution in [0.1, 0.15) is 25.3 Å². The Hall–Kier alpha value is -1.52. The molecule has 0 aliphatic heterocycles. The maximum atomic E-state index is 13.3. The molecule has 2 nitrogen and oxygen atoms in total. The van der Waals surface area contributed by atoms with Gasteiger partial charge in [-0.1, -0.05) is 0 Å². The summed E-state index contributed by atoms with van der Waals surface area (Å²) in [5.74, 6) is -5.06. The van der Waals surface area contributed by atoms with Crippen molar-refractivity contribution < 1.29 is 22.7 Å². The number of halogens is 3. The molecule has 0 heterocycles. The Morgan fingerprint density at radius 3 is 2.38 bits per heavy atom. The van der Waals surface area contributed by atoms with Gasteiger partial charge in [-0.3, -0.25) is 4.79 Å². The van der Waals surface area contributed by atoms with E-state index in [1.807, 2.05) is 0 Å². The van der Waals surface area contributed by atoms with E-state index in [1.54, 1.807) is 6.92 Å². The van der Waals surface area contributed by atoms with Crippen LogP contribution in [0.3, 0.4) is 0 Å². The number of ether oxygens (including phenoxy) is 1. The van der Waals surface area contributed by atoms with Crippen molar-refractivity contribution in [3.05, 3.63) is 35.1 Å². The highest BCUT2D eigenvalue weighted by Crippen LogP contribution is 2.22. The van der Waals surface area contributed by atoms with Crippen molar-refractivity contribution in [2.45, 2.75) is 19.8 Å². The SMILES string of the molecule is CCOC(=O)C(C)c1cc(F)c(F)cc1F. The molecule has 1 rings (SSSR count). The van der Waals surface area contributed by atoms with Crippen molar-refractivity contribution in [1.29, 1.82) is 0 Å². The Labute approximate surface area is 91.0 Å². The molecule has 0 N–H and O–H groups in total. The molecule has 0 saturated heterocycles. The molecule has 0 aliphatic carbocycles. The van der Waals surface area contributed by atoms with E-state index >= 15 is 0 Å². The van der Waals surface area contributed by atoms with Gasteiger partial charge in [-0.05, 0) is 19.9 Å². The third-order valence-corrected chi connectivity index (χ3v) is 2.15. The second kappa shape index (κ2) is 5.01. The minimum absolute atomic E-state index is 0.147. The highest BCUT2D eigenvalue weighted by atomic mass is 19.2. The molecule has 0 spiro atoms. The highest BCUT2D eigenvalue weighted by Gasteiger charge is 2.22. The molecule has 0 aliphatic rings.